The number of hydrogen-bond acceptors (Lipinski definition) is 1. The fraction of sp³-hybridized carbons (Fsp3) is 0.750. The van der Waals surface area contributed by atoms with Crippen LogP contribution in [0.1, 0.15) is 20.8 Å². The van der Waals surface area contributed by atoms with Gasteiger partial charge in [-0.25, -0.2) is 0 Å². The summed E-state index contributed by atoms with van der Waals surface area (Å²) in [5.41, 5.74) is 2.80. The van der Waals surface area contributed by atoms with Crippen molar-refractivity contribution >= 4 is 8.07 Å². The Labute approximate surface area is 82.8 Å². The monoisotopic (exact) mass is 162 g/mol. The molecule has 0 atom stereocenters. The largest absolute Gasteiger partial charge is 1.00 e. The van der Waals surface area contributed by atoms with E-state index < -0.39 is 8.07 Å². The molecule has 58 valence electrons. The first-order valence-corrected chi connectivity index (χ1v) is 6.45. The van der Waals surface area contributed by atoms with E-state index in [0.29, 0.717) is 0 Å². The third kappa shape index (κ3) is 3.92. The summed E-state index contributed by atoms with van der Waals surface area (Å²) < 4.78 is 0. The van der Waals surface area contributed by atoms with E-state index in [2.05, 4.69) is 39.4 Å². The van der Waals surface area contributed by atoms with Gasteiger partial charge in [0, 0.05) is 0 Å². The second-order valence-corrected chi connectivity index (χ2v) is 9.10. The van der Waals surface area contributed by atoms with Crippen molar-refractivity contribution in [1.82, 2.24) is 0 Å². The molecule has 0 fully saturated rings. The van der Waals surface area contributed by atoms with E-state index in [1.807, 2.05) is 0 Å². The molecule has 0 aliphatic heterocycles. The Morgan fingerprint density at radius 3 is 1.64 bits per heavy atom. The maximum atomic E-state index is 10.1. The van der Waals surface area contributed by atoms with Crippen LogP contribution in [0.5, 0.6) is 0 Å². The van der Waals surface area contributed by atoms with Gasteiger partial charge in [0.15, 0.2) is 0 Å². The molecule has 0 rings (SSSR count). The van der Waals surface area contributed by atoms with Crippen LogP contribution < -0.4 is 24.0 Å². The van der Waals surface area contributed by atoms with Gasteiger partial charge in [0.1, 0.15) is 8.07 Å². The second-order valence-electron chi connectivity index (χ2n) is 4.10. The zero-order valence-electron chi connectivity index (χ0n) is 8.41. The van der Waals surface area contributed by atoms with Crippen molar-refractivity contribution in [2.75, 3.05) is 0 Å². The third-order valence-corrected chi connectivity index (χ3v) is 6.72. The molecule has 0 aromatic carbocycles. The maximum Gasteiger partial charge on any atom is 1.00 e. The Kier molecular flexibility index (Phi) is 5.33. The first-order valence-electron chi connectivity index (χ1n) is 3.45. The fourth-order valence-electron chi connectivity index (χ4n) is 0.315. The standard InChI is InChI=1S/C8H16OSi.Li/c1-8(2,3)10(4,5)7-6-9;/h9H,1-5H3;/q;+1/p-1. The molecule has 0 saturated carbocycles. The van der Waals surface area contributed by atoms with Crippen molar-refractivity contribution in [3.63, 3.8) is 0 Å². The molecule has 0 aliphatic rings. The van der Waals surface area contributed by atoms with E-state index in [4.69, 9.17) is 0 Å². The second kappa shape index (κ2) is 4.26. The quantitative estimate of drug-likeness (QED) is 0.309. The van der Waals surface area contributed by atoms with Crippen LogP contribution >= 0.6 is 0 Å². The van der Waals surface area contributed by atoms with E-state index in [9.17, 15) is 5.11 Å². The minimum absolute atomic E-state index is 0. The summed E-state index contributed by atoms with van der Waals surface area (Å²) in [4.78, 5) is 0. The van der Waals surface area contributed by atoms with Crippen molar-refractivity contribution in [2.45, 2.75) is 38.9 Å². The molecule has 11 heavy (non-hydrogen) atoms. The molecule has 0 heterocycles. The van der Waals surface area contributed by atoms with Crippen molar-refractivity contribution in [2.24, 2.45) is 0 Å². The Hall–Kier alpha value is 0.174. The molecule has 0 amide bonds. The molecular formula is C8H15LiOSi. The summed E-state index contributed by atoms with van der Waals surface area (Å²) in [5, 5.41) is 10.3. The van der Waals surface area contributed by atoms with E-state index in [1.54, 1.807) is 6.11 Å². The summed E-state index contributed by atoms with van der Waals surface area (Å²) in [6.07, 6.45) is 1.78. The molecule has 0 saturated heterocycles. The zero-order valence-corrected chi connectivity index (χ0v) is 9.41. The van der Waals surface area contributed by atoms with Crippen LogP contribution in [0.4, 0.5) is 0 Å². The maximum absolute atomic E-state index is 10.1. The Morgan fingerprint density at radius 1 is 1.18 bits per heavy atom. The van der Waals surface area contributed by atoms with Gasteiger partial charge in [-0.2, -0.15) is 6.11 Å². The van der Waals surface area contributed by atoms with Crippen LogP contribution in [0, 0.1) is 11.7 Å². The van der Waals surface area contributed by atoms with E-state index in [-0.39, 0.29) is 23.9 Å². The van der Waals surface area contributed by atoms with Crippen molar-refractivity contribution in [1.29, 1.82) is 0 Å². The van der Waals surface area contributed by atoms with Gasteiger partial charge in [-0.3, -0.25) is 0 Å². The summed E-state index contributed by atoms with van der Waals surface area (Å²) in [5.74, 6) is 0. The Morgan fingerprint density at radius 2 is 1.55 bits per heavy atom. The average Bonchev–Trinajstić information content (AvgIpc) is 1.61. The van der Waals surface area contributed by atoms with Gasteiger partial charge in [0.05, 0.1) is 0 Å². The van der Waals surface area contributed by atoms with Crippen molar-refractivity contribution < 1.29 is 24.0 Å². The predicted octanol–water partition coefficient (Wildman–Crippen LogP) is -1.64. The molecule has 0 unspecified atom stereocenters. The van der Waals surface area contributed by atoms with Crippen LogP contribution in [-0.4, -0.2) is 8.07 Å². The zero-order chi connectivity index (χ0) is 8.41. The number of rotatable bonds is 0. The van der Waals surface area contributed by atoms with E-state index in [0.717, 1.165) is 0 Å². The summed E-state index contributed by atoms with van der Waals surface area (Å²) >= 11 is 0. The van der Waals surface area contributed by atoms with Gasteiger partial charge in [-0.1, -0.05) is 33.9 Å². The van der Waals surface area contributed by atoms with Crippen molar-refractivity contribution in [3.05, 3.63) is 0 Å². The normalized spacial score (nSPS) is 11.0. The average molecular weight is 162 g/mol. The molecule has 0 spiro atoms. The predicted molar refractivity (Wildman–Crippen MR) is 45.0 cm³/mol. The summed E-state index contributed by atoms with van der Waals surface area (Å²) in [6, 6.07) is 0. The summed E-state index contributed by atoms with van der Waals surface area (Å²) in [7, 11) is -1.58. The van der Waals surface area contributed by atoms with Gasteiger partial charge in [0.25, 0.3) is 0 Å². The molecule has 0 bridgehead atoms. The molecule has 3 heteroatoms. The van der Waals surface area contributed by atoms with E-state index in [1.165, 1.54) is 0 Å². The minimum Gasteiger partial charge on any atom is -0.833 e. The smallest absolute Gasteiger partial charge is 0.833 e. The topological polar surface area (TPSA) is 23.1 Å². The van der Waals surface area contributed by atoms with Gasteiger partial charge in [-0.05, 0) is 5.04 Å². The Bertz CT molecular complexity index is 171. The number of hydrogen-bond donors (Lipinski definition) is 0. The van der Waals surface area contributed by atoms with Crippen LogP contribution in [0.3, 0.4) is 0 Å². The SMILES string of the molecule is CC(C)(C)[Si](C)(C)C#C[O-].[Li+]. The molecule has 1 nitrogen and oxygen atoms in total. The first kappa shape index (κ1) is 13.7. The van der Waals surface area contributed by atoms with Crippen LogP contribution in [0.2, 0.25) is 18.1 Å². The van der Waals surface area contributed by atoms with Crippen LogP contribution in [0.25, 0.3) is 0 Å². The van der Waals surface area contributed by atoms with Crippen LogP contribution in [0.15, 0.2) is 0 Å². The third-order valence-electron chi connectivity index (χ3n) is 2.24. The van der Waals surface area contributed by atoms with Crippen molar-refractivity contribution in [3.8, 4) is 11.7 Å². The van der Waals surface area contributed by atoms with Gasteiger partial charge < -0.3 is 5.11 Å². The Balaban J connectivity index is 0. The molecule has 0 radical (unpaired) electrons. The van der Waals surface area contributed by atoms with Gasteiger partial charge in [0.2, 0.25) is 0 Å². The molecule has 0 aromatic rings. The molecule has 0 aliphatic carbocycles. The molecule has 0 aromatic heterocycles. The first-order chi connectivity index (χ1) is 4.31. The van der Waals surface area contributed by atoms with Gasteiger partial charge >= 0.3 is 18.9 Å². The van der Waals surface area contributed by atoms with Gasteiger partial charge in [-0.15, -0.1) is 5.54 Å². The molecular weight excluding hydrogens is 147 g/mol. The minimum atomic E-state index is -1.58. The molecule has 0 N–H and O–H groups in total. The van der Waals surface area contributed by atoms with Crippen LogP contribution in [-0.2, 0) is 0 Å². The summed E-state index contributed by atoms with van der Waals surface area (Å²) in [6.45, 7) is 10.7. The fourth-order valence-corrected chi connectivity index (χ4v) is 0.945. The van der Waals surface area contributed by atoms with E-state index >= 15 is 0 Å².